The van der Waals surface area contributed by atoms with Crippen molar-refractivity contribution in [2.75, 3.05) is 6.61 Å². The van der Waals surface area contributed by atoms with Crippen molar-refractivity contribution in [2.24, 2.45) is 0 Å². The molecule has 0 spiro atoms. The number of nitro benzene ring substituents is 1. The Morgan fingerprint density at radius 1 is 1.21 bits per heavy atom. The number of rotatable bonds is 6. The van der Waals surface area contributed by atoms with Crippen LogP contribution in [-0.4, -0.2) is 32.0 Å². The van der Waals surface area contributed by atoms with Gasteiger partial charge in [-0.2, -0.15) is 0 Å². The molecule has 0 aliphatic rings. The average molecular weight is 327 g/mol. The van der Waals surface area contributed by atoms with E-state index in [1.54, 1.807) is 22.7 Å². The Hall–Kier alpha value is -3.49. The summed E-state index contributed by atoms with van der Waals surface area (Å²) in [6, 6.07) is 11.4. The molecule has 0 aliphatic carbocycles. The number of benzene rings is 1. The molecule has 0 radical (unpaired) electrons. The van der Waals surface area contributed by atoms with E-state index in [4.69, 9.17) is 4.74 Å². The van der Waals surface area contributed by atoms with E-state index in [1.165, 1.54) is 18.2 Å². The summed E-state index contributed by atoms with van der Waals surface area (Å²) in [4.78, 5) is 22.2. The topological polar surface area (TPSA) is 112 Å². The highest BCUT2D eigenvalue weighted by Crippen LogP contribution is 2.25. The summed E-state index contributed by atoms with van der Waals surface area (Å²) >= 11 is 0. The van der Waals surface area contributed by atoms with Crippen LogP contribution in [0.2, 0.25) is 0 Å². The summed E-state index contributed by atoms with van der Waals surface area (Å²) in [6.45, 7) is -0.161. The average Bonchev–Trinajstić information content (AvgIpc) is 3.01. The van der Waals surface area contributed by atoms with Crippen molar-refractivity contribution in [2.45, 2.75) is 6.54 Å². The third kappa shape index (κ3) is 3.29. The molecule has 0 saturated carbocycles. The lowest BCUT2D eigenvalue weighted by Gasteiger charge is -2.07. The van der Waals surface area contributed by atoms with E-state index in [9.17, 15) is 14.9 Å². The number of fused-ring (bicyclic) bond motifs is 1. The Morgan fingerprint density at radius 3 is 2.83 bits per heavy atom. The van der Waals surface area contributed by atoms with E-state index in [0.717, 1.165) is 0 Å². The molecule has 122 valence electrons. The van der Waals surface area contributed by atoms with Crippen molar-refractivity contribution in [3.05, 3.63) is 64.6 Å². The number of nitro groups is 1. The van der Waals surface area contributed by atoms with Gasteiger partial charge >= 0.3 is 5.69 Å². The maximum absolute atomic E-state index is 11.9. The molecule has 2 heterocycles. The first kappa shape index (κ1) is 15.4. The largest absolute Gasteiger partial charge is 0.477 e. The summed E-state index contributed by atoms with van der Waals surface area (Å²) in [6.07, 6.45) is 1.79. The molecule has 1 N–H and O–H groups in total. The fourth-order valence-electron chi connectivity index (χ4n) is 2.11. The number of aromatic nitrogens is 3. The van der Waals surface area contributed by atoms with Crippen LogP contribution in [0.1, 0.15) is 5.82 Å². The molecule has 1 amide bonds. The number of hydrogen-bond donors (Lipinski definition) is 1. The Morgan fingerprint density at radius 2 is 2.00 bits per heavy atom. The molecule has 0 fully saturated rings. The highest BCUT2D eigenvalue weighted by atomic mass is 16.6. The first-order chi connectivity index (χ1) is 11.6. The van der Waals surface area contributed by atoms with Gasteiger partial charge in [0.15, 0.2) is 23.8 Å². The first-order valence-corrected chi connectivity index (χ1v) is 7.06. The molecular weight excluding hydrogens is 314 g/mol. The van der Waals surface area contributed by atoms with Gasteiger partial charge in [0.1, 0.15) is 0 Å². The van der Waals surface area contributed by atoms with E-state index < -0.39 is 10.8 Å². The van der Waals surface area contributed by atoms with E-state index >= 15 is 0 Å². The van der Waals surface area contributed by atoms with Gasteiger partial charge in [-0.15, -0.1) is 10.2 Å². The van der Waals surface area contributed by atoms with Crippen LogP contribution < -0.4 is 10.1 Å². The number of pyridine rings is 1. The van der Waals surface area contributed by atoms with Gasteiger partial charge in [0.05, 0.1) is 11.5 Å². The van der Waals surface area contributed by atoms with Crippen LogP contribution >= 0.6 is 0 Å². The van der Waals surface area contributed by atoms with E-state index in [1.807, 2.05) is 12.1 Å². The Kier molecular flexibility index (Phi) is 4.32. The number of carbonyl (C=O) groups excluding carboxylic acids is 1. The Labute approximate surface area is 136 Å². The summed E-state index contributed by atoms with van der Waals surface area (Å²) < 4.78 is 6.97. The maximum Gasteiger partial charge on any atom is 0.310 e. The zero-order valence-electron chi connectivity index (χ0n) is 12.5. The highest BCUT2D eigenvalue weighted by Gasteiger charge is 2.15. The van der Waals surface area contributed by atoms with Crippen LogP contribution in [0.15, 0.2) is 48.7 Å². The van der Waals surface area contributed by atoms with Gasteiger partial charge in [-0.25, -0.2) is 0 Å². The van der Waals surface area contributed by atoms with E-state index in [-0.39, 0.29) is 24.6 Å². The van der Waals surface area contributed by atoms with Crippen LogP contribution in [0, 0.1) is 10.1 Å². The third-order valence-electron chi connectivity index (χ3n) is 3.25. The van der Waals surface area contributed by atoms with Gasteiger partial charge in [-0.05, 0) is 18.2 Å². The predicted octanol–water partition coefficient (Wildman–Crippen LogP) is 1.33. The number of hydrogen-bond acceptors (Lipinski definition) is 6. The predicted molar refractivity (Wildman–Crippen MR) is 83.4 cm³/mol. The summed E-state index contributed by atoms with van der Waals surface area (Å²) in [5.74, 6) is 0.205. The van der Waals surface area contributed by atoms with Crippen molar-refractivity contribution in [1.29, 1.82) is 0 Å². The molecule has 3 rings (SSSR count). The van der Waals surface area contributed by atoms with Gasteiger partial charge in [0.2, 0.25) is 0 Å². The van der Waals surface area contributed by atoms with Crippen molar-refractivity contribution >= 4 is 17.2 Å². The molecule has 0 bridgehead atoms. The smallest absolute Gasteiger partial charge is 0.310 e. The molecule has 24 heavy (non-hydrogen) atoms. The van der Waals surface area contributed by atoms with Crippen molar-refractivity contribution < 1.29 is 14.5 Å². The molecule has 1 aromatic carbocycles. The number of para-hydroxylation sites is 2. The second kappa shape index (κ2) is 6.73. The molecule has 0 saturated heterocycles. The number of ether oxygens (including phenoxy) is 1. The fraction of sp³-hybridized carbons (Fsp3) is 0.133. The van der Waals surface area contributed by atoms with E-state index in [2.05, 4.69) is 15.5 Å². The van der Waals surface area contributed by atoms with Gasteiger partial charge in [-0.1, -0.05) is 18.2 Å². The minimum absolute atomic E-state index is 0.0468. The van der Waals surface area contributed by atoms with Crippen molar-refractivity contribution in [3.8, 4) is 5.75 Å². The number of nitrogens with zero attached hydrogens (tertiary/aromatic N) is 4. The third-order valence-corrected chi connectivity index (χ3v) is 3.25. The lowest BCUT2D eigenvalue weighted by molar-refractivity contribution is -0.385. The van der Waals surface area contributed by atoms with Gasteiger partial charge in [-0.3, -0.25) is 19.3 Å². The molecule has 9 heteroatoms. The number of amides is 1. The van der Waals surface area contributed by atoms with Crippen LogP contribution in [0.25, 0.3) is 5.65 Å². The molecule has 0 atom stereocenters. The highest BCUT2D eigenvalue weighted by molar-refractivity contribution is 5.77. The van der Waals surface area contributed by atoms with Crippen molar-refractivity contribution in [3.63, 3.8) is 0 Å². The quantitative estimate of drug-likeness (QED) is 0.540. The molecule has 3 aromatic rings. The maximum atomic E-state index is 11.9. The normalized spacial score (nSPS) is 10.5. The SMILES string of the molecule is O=C(COc1ccccc1[N+](=O)[O-])NCc1nnc2ccccn12. The van der Waals surface area contributed by atoms with Crippen LogP contribution in [-0.2, 0) is 11.3 Å². The Balaban J connectivity index is 1.58. The molecular formula is C15H13N5O4. The van der Waals surface area contributed by atoms with Crippen LogP contribution in [0.4, 0.5) is 5.69 Å². The summed E-state index contributed by atoms with van der Waals surface area (Å²) in [5, 5.41) is 21.5. The standard InChI is InChI=1S/C15H13N5O4/c21-15(10-24-12-6-2-1-5-11(12)20(22)23)16-9-14-18-17-13-7-3-4-8-19(13)14/h1-8H,9-10H2,(H,16,21). The minimum Gasteiger partial charge on any atom is -0.477 e. The fourth-order valence-corrected chi connectivity index (χ4v) is 2.11. The summed E-state index contributed by atoms with van der Waals surface area (Å²) in [7, 11) is 0. The first-order valence-electron chi connectivity index (χ1n) is 7.06. The van der Waals surface area contributed by atoms with Crippen LogP contribution in [0.3, 0.4) is 0 Å². The van der Waals surface area contributed by atoms with E-state index in [0.29, 0.717) is 11.5 Å². The molecule has 0 aliphatic heterocycles. The number of carbonyl (C=O) groups is 1. The van der Waals surface area contributed by atoms with Crippen molar-refractivity contribution in [1.82, 2.24) is 19.9 Å². The second-order valence-electron chi connectivity index (χ2n) is 4.84. The van der Waals surface area contributed by atoms with Gasteiger partial charge in [0, 0.05) is 12.3 Å². The Bertz CT molecular complexity index is 892. The lowest BCUT2D eigenvalue weighted by atomic mass is 10.3. The molecule has 2 aromatic heterocycles. The minimum atomic E-state index is -0.560. The zero-order chi connectivity index (χ0) is 16.9. The second-order valence-corrected chi connectivity index (χ2v) is 4.84. The van der Waals surface area contributed by atoms with Gasteiger partial charge in [0.25, 0.3) is 5.91 Å². The van der Waals surface area contributed by atoms with Gasteiger partial charge < -0.3 is 10.1 Å². The molecule has 9 nitrogen and oxygen atoms in total. The monoisotopic (exact) mass is 327 g/mol. The molecule has 0 unspecified atom stereocenters. The zero-order valence-corrected chi connectivity index (χ0v) is 12.5. The lowest BCUT2D eigenvalue weighted by Crippen LogP contribution is -2.29. The number of nitrogens with one attached hydrogen (secondary N) is 1. The summed E-state index contributed by atoms with van der Waals surface area (Å²) in [5.41, 5.74) is 0.492. The van der Waals surface area contributed by atoms with Crippen LogP contribution in [0.5, 0.6) is 5.75 Å².